The molecule has 1 heterocycles. The molecule has 0 saturated carbocycles. The van der Waals surface area contributed by atoms with E-state index in [-0.39, 0.29) is 18.2 Å². The van der Waals surface area contributed by atoms with Crippen LogP contribution in [0.2, 0.25) is 0 Å². The molecule has 2 aromatic rings. The third-order valence-electron chi connectivity index (χ3n) is 4.96. The second-order valence-electron chi connectivity index (χ2n) is 6.80. The number of carbonyl (C=O) groups excluding carboxylic acids is 2. The number of para-hydroxylation sites is 1. The molecule has 2 aromatic carbocycles. The Hall–Kier alpha value is -2.31. The van der Waals surface area contributed by atoms with Crippen LogP contribution >= 0.6 is 11.8 Å². The molecule has 1 aliphatic heterocycles. The van der Waals surface area contributed by atoms with E-state index in [1.165, 1.54) is 17.3 Å². The van der Waals surface area contributed by atoms with Gasteiger partial charge in [-0.25, -0.2) is 0 Å². The van der Waals surface area contributed by atoms with Gasteiger partial charge in [-0.3, -0.25) is 14.5 Å². The van der Waals surface area contributed by atoms with Crippen molar-refractivity contribution in [2.75, 3.05) is 18.4 Å². The highest BCUT2D eigenvalue weighted by molar-refractivity contribution is 8.01. The standard InChI is InChI=1S/C22H27N3O2S/c1-3-25(4-2)15-17-10-6-5-9-16(17)14-23-21(26)13-20-22(27)24-18-11-7-8-12-19(18)28-20/h5-12,20H,3-4,13-15H2,1-2H3,(H,23,26)(H,24,27)/t20-/m1/s1. The predicted octanol–water partition coefficient (Wildman–Crippen LogP) is 3.65. The molecule has 3 rings (SSSR count). The fourth-order valence-electron chi connectivity index (χ4n) is 3.23. The molecule has 0 spiro atoms. The molecule has 6 heteroatoms. The number of nitrogens with zero attached hydrogens (tertiary/aromatic N) is 1. The molecule has 5 nitrogen and oxygen atoms in total. The van der Waals surface area contributed by atoms with E-state index >= 15 is 0 Å². The topological polar surface area (TPSA) is 61.4 Å². The van der Waals surface area contributed by atoms with Crippen LogP contribution in [0.15, 0.2) is 53.4 Å². The third kappa shape index (κ3) is 5.14. The number of nitrogens with one attached hydrogen (secondary N) is 2. The van der Waals surface area contributed by atoms with Crippen molar-refractivity contribution in [3.63, 3.8) is 0 Å². The number of thioether (sulfide) groups is 1. The molecule has 0 unspecified atom stereocenters. The first-order valence-corrected chi connectivity index (χ1v) is 10.6. The van der Waals surface area contributed by atoms with Crippen molar-refractivity contribution in [2.24, 2.45) is 0 Å². The van der Waals surface area contributed by atoms with E-state index in [0.717, 1.165) is 35.8 Å². The molecule has 0 bridgehead atoms. The molecule has 0 aromatic heterocycles. The van der Waals surface area contributed by atoms with Crippen LogP contribution < -0.4 is 10.6 Å². The molecule has 0 radical (unpaired) electrons. The summed E-state index contributed by atoms with van der Waals surface area (Å²) < 4.78 is 0. The van der Waals surface area contributed by atoms with Gasteiger partial charge < -0.3 is 10.6 Å². The van der Waals surface area contributed by atoms with Crippen LogP contribution in [0.1, 0.15) is 31.4 Å². The highest BCUT2D eigenvalue weighted by Gasteiger charge is 2.28. The molecule has 0 aliphatic carbocycles. The molecule has 2 amide bonds. The van der Waals surface area contributed by atoms with Gasteiger partial charge in [0.1, 0.15) is 0 Å². The Bertz CT molecular complexity index is 836. The number of amides is 2. The summed E-state index contributed by atoms with van der Waals surface area (Å²) in [6, 6.07) is 15.9. The average Bonchev–Trinajstić information content (AvgIpc) is 2.71. The predicted molar refractivity (Wildman–Crippen MR) is 114 cm³/mol. The zero-order chi connectivity index (χ0) is 19.9. The van der Waals surface area contributed by atoms with Crippen LogP contribution in [0.25, 0.3) is 0 Å². The fraction of sp³-hybridized carbons (Fsp3) is 0.364. The summed E-state index contributed by atoms with van der Waals surface area (Å²) in [5, 5.41) is 5.48. The zero-order valence-electron chi connectivity index (χ0n) is 16.4. The number of carbonyl (C=O) groups is 2. The summed E-state index contributed by atoms with van der Waals surface area (Å²) in [7, 11) is 0. The summed E-state index contributed by atoms with van der Waals surface area (Å²) in [6.07, 6.45) is 0.170. The van der Waals surface area contributed by atoms with E-state index in [0.29, 0.717) is 6.54 Å². The van der Waals surface area contributed by atoms with Gasteiger partial charge >= 0.3 is 0 Å². The SMILES string of the molecule is CCN(CC)Cc1ccccc1CNC(=O)C[C@H]1Sc2ccccc2NC1=O. The highest BCUT2D eigenvalue weighted by Crippen LogP contribution is 2.36. The van der Waals surface area contributed by atoms with Crippen molar-refractivity contribution >= 4 is 29.3 Å². The van der Waals surface area contributed by atoms with Crippen LogP contribution in [-0.2, 0) is 22.7 Å². The van der Waals surface area contributed by atoms with Gasteiger partial charge in [0.25, 0.3) is 0 Å². The Morgan fingerprint density at radius 1 is 1.07 bits per heavy atom. The largest absolute Gasteiger partial charge is 0.352 e. The Labute approximate surface area is 170 Å². The van der Waals surface area contributed by atoms with E-state index in [1.54, 1.807) is 0 Å². The molecular formula is C22H27N3O2S. The highest BCUT2D eigenvalue weighted by atomic mass is 32.2. The number of hydrogen-bond acceptors (Lipinski definition) is 4. The summed E-state index contributed by atoms with van der Waals surface area (Å²) in [5.74, 6) is -0.217. The second-order valence-corrected chi connectivity index (χ2v) is 8.05. The number of anilines is 1. The Morgan fingerprint density at radius 2 is 1.75 bits per heavy atom. The van der Waals surface area contributed by atoms with Crippen molar-refractivity contribution in [1.29, 1.82) is 0 Å². The van der Waals surface area contributed by atoms with Crippen LogP contribution in [0.3, 0.4) is 0 Å². The average molecular weight is 398 g/mol. The molecule has 2 N–H and O–H groups in total. The Morgan fingerprint density at radius 3 is 2.50 bits per heavy atom. The first kappa shape index (κ1) is 20.4. The lowest BCUT2D eigenvalue weighted by molar-refractivity contribution is -0.124. The fourth-order valence-corrected chi connectivity index (χ4v) is 4.34. The first-order valence-electron chi connectivity index (χ1n) is 9.73. The normalized spacial score (nSPS) is 15.8. The van der Waals surface area contributed by atoms with Crippen molar-refractivity contribution in [3.8, 4) is 0 Å². The van der Waals surface area contributed by atoms with Crippen molar-refractivity contribution in [3.05, 3.63) is 59.7 Å². The number of fused-ring (bicyclic) bond motifs is 1. The summed E-state index contributed by atoms with van der Waals surface area (Å²) in [5.41, 5.74) is 3.17. The summed E-state index contributed by atoms with van der Waals surface area (Å²) >= 11 is 1.45. The minimum atomic E-state index is -0.402. The van der Waals surface area contributed by atoms with Crippen LogP contribution in [0, 0.1) is 0 Å². The first-order chi connectivity index (χ1) is 13.6. The molecule has 1 atom stereocenters. The number of benzene rings is 2. The molecule has 1 aliphatic rings. The van der Waals surface area contributed by atoms with Gasteiger partial charge in [-0.15, -0.1) is 11.8 Å². The van der Waals surface area contributed by atoms with Gasteiger partial charge in [-0.2, -0.15) is 0 Å². The molecule has 28 heavy (non-hydrogen) atoms. The van der Waals surface area contributed by atoms with E-state index in [2.05, 4.69) is 41.5 Å². The maximum Gasteiger partial charge on any atom is 0.238 e. The Balaban J connectivity index is 1.57. The van der Waals surface area contributed by atoms with Gasteiger partial charge in [0, 0.05) is 24.4 Å². The number of hydrogen-bond donors (Lipinski definition) is 2. The lowest BCUT2D eigenvalue weighted by Gasteiger charge is -2.23. The van der Waals surface area contributed by atoms with Gasteiger partial charge in [0.15, 0.2) is 0 Å². The molecule has 148 valence electrons. The number of rotatable bonds is 8. The van der Waals surface area contributed by atoms with E-state index in [4.69, 9.17) is 0 Å². The summed E-state index contributed by atoms with van der Waals surface area (Å²) in [4.78, 5) is 28.1. The minimum absolute atomic E-state index is 0.107. The van der Waals surface area contributed by atoms with Crippen molar-refractivity contribution < 1.29 is 9.59 Å². The second kappa shape index (κ2) is 9.75. The third-order valence-corrected chi connectivity index (χ3v) is 6.24. The quantitative estimate of drug-likeness (QED) is 0.714. The minimum Gasteiger partial charge on any atom is -0.352 e. The van der Waals surface area contributed by atoms with Crippen LogP contribution in [0.4, 0.5) is 5.69 Å². The van der Waals surface area contributed by atoms with Crippen molar-refractivity contribution in [2.45, 2.75) is 43.5 Å². The zero-order valence-corrected chi connectivity index (χ0v) is 17.2. The van der Waals surface area contributed by atoms with Gasteiger partial charge in [0.05, 0.1) is 10.9 Å². The van der Waals surface area contributed by atoms with E-state index in [1.807, 2.05) is 36.4 Å². The monoisotopic (exact) mass is 397 g/mol. The van der Waals surface area contributed by atoms with Crippen LogP contribution in [-0.4, -0.2) is 35.1 Å². The smallest absolute Gasteiger partial charge is 0.238 e. The van der Waals surface area contributed by atoms with Gasteiger partial charge in [0.2, 0.25) is 11.8 Å². The lowest BCUT2D eigenvalue weighted by atomic mass is 10.1. The van der Waals surface area contributed by atoms with E-state index in [9.17, 15) is 9.59 Å². The van der Waals surface area contributed by atoms with Gasteiger partial charge in [-0.05, 0) is 36.3 Å². The summed E-state index contributed by atoms with van der Waals surface area (Å²) in [6.45, 7) is 7.64. The molecule has 0 saturated heterocycles. The maximum absolute atomic E-state index is 12.5. The lowest BCUT2D eigenvalue weighted by Crippen LogP contribution is -2.34. The van der Waals surface area contributed by atoms with Crippen molar-refractivity contribution in [1.82, 2.24) is 10.2 Å². The van der Waals surface area contributed by atoms with Gasteiger partial charge in [-0.1, -0.05) is 50.2 Å². The molecular weight excluding hydrogens is 370 g/mol. The molecule has 0 fully saturated rings. The maximum atomic E-state index is 12.5. The van der Waals surface area contributed by atoms with Crippen LogP contribution in [0.5, 0.6) is 0 Å². The Kier molecular flexibility index (Phi) is 7.12. The van der Waals surface area contributed by atoms with E-state index < -0.39 is 5.25 Å².